The highest BCUT2D eigenvalue weighted by molar-refractivity contribution is 5.69. The fourth-order valence-electron chi connectivity index (χ4n) is 8.46. The minimum Gasteiger partial charge on any atom is -0.462 e. The number of carbonyl (C=O) groups excluding carboxylic acids is 1. The lowest BCUT2D eigenvalue weighted by Crippen LogP contribution is -2.64. The summed E-state index contributed by atoms with van der Waals surface area (Å²) in [6.07, 6.45) is 12.7. The summed E-state index contributed by atoms with van der Waals surface area (Å²) in [5, 5.41) is 0. The maximum atomic E-state index is 13.3. The van der Waals surface area contributed by atoms with Crippen molar-refractivity contribution in [1.29, 1.82) is 0 Å². The molecule has 2 saturated heterocycles. The highest BCUT2D eigenvalue weighted by Crippen LogP contribution is 2.60. The van der Waals surface area contributed by atoms with Crippen LogP contribution >= 0.6 is 0 Å². The normalized spacial score (nSPS) is 32.2. The van der Waals surface area contributed by atoms with E-state index in [1.165, 1.54) is 88.7 Å². The van der Waals surface area contributed by atoms with E-state index < -0.39 is 0 Å². The van der Waals surface area contributed by atoms with Gasteiger partial charge in [-0.1, -0.05) is 73.5 Å². The zero-order valence-electron chi connectivity index (χ0n) is 23.1. The average Bonchev–Trinajstić information content (AvgIpc) is 2.99. The summed E-state index contributed by atoms with van der Waals surface area (Å²) < 4.78 is 6.55. The highest BCUT2D eigenvalue weighted by Gasteiger charge is 2.59. The number of hydrogen-bond acceptors (Lipinski definition) is 4. The molecule has 0 N–H and O–H groups in total. The second-order valence-corrected chi connectivity index (χ2v) is 12.5. The molecule has 3 unspecified atom stereocenters. The maximum absolute atomic E-state index is 13.3. The van der Waals surface area contributed by atoms with Crippen molar-refractivity contribution in [2.75, 3.05) is 32.7 Å². The van der Waals surface area contributed by atoms with Gasteiger partial charge in [-0.15, -0.1) is 0 Å². The van der Waals surface area contributed by atoms with Crippen molar-refractivity contribution < 1.29 is 9.53 Å². The van der Waals surface area contributed by atoms with Crippen LogP contribution < -0.4 is 0 Å². The summed E-state index contributed by atoms with van der Waals surface area (Å²) in [5.74, 6) is 1.18. The standard InChI is InChI=1S/C34H46N2O2/c37-32(18-13-21-35-19-9-3-10-20-35)38-31-26-34(36-22-11-4-12-23-36)24-29(27-14-5-1-6-15-27)33(31)30(25-34)28-16-7-2-8-17-28/h1-2,5-8,14-17,29-31,33H,3-4,9-13,18-26H2. The summed E-state index contributed by atoms with van der Waals surface area (Å²) in [7, 11) is 0. The lowest BCUT2D eigenvalue weighted by molar-refractivity contribution is -0.170. The Morgan fingerprint density at radius 1 is 0.737 bits per heavy atom. The second-order valence-electron chi connectivity index (χ2n) is 12.5. The number of benzene rings is 2. The summed E-state index contributed by atoms with van der Waals surface area (Å²) in [6.45, 7) is 5.78. The Bertz CT molecular complexity index is 979. The van der Waals surface area contributed by atoms with E-state index in [2.05, 4.69) is 70.5 Å². The van der Waals surface area contributed by atoms with E-state index in [4.69, 9.17) is 4.74 Å². The van der Waals surface area contributed by atoms with Gasteiger partial charge in [0.1, 0.15) is 6.10 Å². The number of ether oxygens (including phenoxy) is 1. The van der Waals surface area contributed by atoms with Crippen LogP contribution in [0.5, 0.6) is 0 Å². The number of likely N-dealkylation sites (tertiary alicyclic amines) is 2. The summed E-state index contributed by atoms with van der Waals surface area (Å²) in [4.78, 5) is 18.7. The number of esters is 1. The molecule has 3 atom stereocenters. The number of nitrogens with zero attached hydrogens (tertiary/aromatic N) is 2. The van der Waals surface area contributed by atoms with Gasteiger partial charge in [0.15, 0.2) is 0 Å². The summed E-state index contributed by atoms with van der Waals surface area (Å²) in [6, 6.07) is 22.2. The van der Waals surface area contributed by atoms with Gasteiger partial charge in [0, 0.05) is 24.3 Å². The van der Waals surface area contributed by atoms with Gasteiger partial charge in [-0.3, -0.25) is 9.69 Å². The molecule has 0 amide bonds. The van der Waals surface area contributed by atoms with Crippen LogP contribution in [0, 0.1) is 5.92 Å². The first kappa shape index (κ1) is 26.1. The van der Waals surface area contributed by atoms with Crippen molar-refractivity contribution >= 4 is 5.97 Å². The molecule has 0 radical (unpaired) electrons. The Labute approximate surface area is 229 Å². The largest absolute Gasteiger partial charge is 0.462 e. The van der Waals surface area contributed by atoms with Crippen molar-refractivity contribution in [3.05, 3.63) is 71.8 Å². The van der Waals surface area contributed by atoms with Crippen LogP contribution in [0.15, 0.2) is 60.7 Å². The van der Waals surface area contributed by atoms with Gasteiger partial charge < -0.3 is 9.64 Å². The molecule has 2 aromatic rings. The predicted molar refractivity (Wildman–Crippen MR) is 153 cm³/mol. The van der Waals surface area contributed by atoms with E-state index in [0.29, 0.717) is 24.2 Å². The third kappa shape index (κ3) is 5.58. The van der Waals surface area contributed by atoms with Crippen LogP contribution in [-0.4, -0.2) is 60.1 Å². The first-order valence-corrected chi connectivity index (χ1v) is 15.5. The Hall–Kier alpha value is -2.17. The van der Waals surface area contributed by atoms with E-state index >= 15 is 0 Å². The van der Waals surface area contributed by atoms with E-state index in [1.54, 1.807) is 0 Å². The fraction of sp³-hybridized carbons (Fsp3) is 0.618. The predicted octanol–water partition coefficient (Wildman–Crippen LogP) is 6.77. The quantitative estimate of drug-likeness (QED) is 0.364. The zero-order valence-corrected chi connectivity index (χ0v) is 23.1. The Morgan fingerprint density at radius 2 is 1.29 bits per heavy atom. The first-order valence-electron chi connectivity index (χ1n) is 15.5. The molecular formula is C34H46N2O2. The molecule has 2 heterocycles. The molecular weight excluding hydrogens is 468 g/mol. The molecule has 5 fully saturated rings. The SMILES string of the molecule is O=C(CCCN1CCCCC1)OC1CC2(N3CCCCC3)CC(c3ccccc3)C1C(c1ccccc1)C2. The number of hydrogen-bond donors (Lipinski definition) is 0. The summed E-state index contributed by atoms with van der Waals surface area (Å²) >= 11 is 0. The molecule has 5 aliphatic rings. The van der Waals surface area contributed by atoms with Crippen LogP contribution in [0.4, 0.5) is 0 Å². The molecule has 3 aliphatic carbocycles. The minimum absolute atomic E-state index is 0.0164. The van der Waals surface area contributed by atoms with Crippen molar-refractivity contribution in [2.45, 2.75) is 94.1 Å². The molecule has 3 saturated carbocycles. The molecule has 2 aromatic carbocycles. The monoisotopic (exact) mass is 514 g/mol. The van der Waals surface area contributed by atoms with Crippen molar-refractivity contribution in [2.24, 2.45) is 5.92 Å². The molecule has 7 rings (SSSR count). The number of rotatable bonds is 8. The van der Waals surface area contributed by atoms with Crippen LogP contribution in [0.2, 0.25) is 0 Å². The van der Waals surface area contributed by atoms with Crippen LogP contribution in [0.25, 0.3) is 0 Å². The lowest BCUT2D eigenvalue weighted by atomic mass is 9.51. The van der Waals surface area contributed by atoms with E-state index in [0.717, 1.165) is 19.4 Å². The smallest absolute Gasteiger partial charge is 0.306 e. The second kappa shape index (κ2) is 11.9. The van der Waals surface area contributed by atoms with Crippen LogP contribution in [-0.2, 0) is 9.53 Å². The average molecular weight is 515 g/mol. The van der Waals surface area contributed by atoms with Gasteiger partial charge in [-0.05, 0) is 101 Å². The molecule has 4 heteroatoms. The molecule has 0 spiro atoms. The van der Waals surface area contributed by atoms with Gasteiger partial charge in [0.2, 0.25) is 0 Å². The van der Waals surface area contributed by atoms with Crippen molar-refractivity contribution in [1.82, 2.24) is 9.80 Å². The zero-order chi connectivity index (χ0) is 25.8. The minimum atomic E-state index is -0.0164. The molecule has 0 aromatic heterocycles. The summed E-state index contributed by atoms with van der Waals surface area (Å²) in [5.41, 5.74) is 2.95. The molecule has 4 nitrogen and oxygen atoms in total. The van der Waals surface area contributed by atoms with Crippen molar-refractivity contribution in [3.8, 4) is 0 Å². The molecule has 2 aliphatic heterocycles. The Balaban J connectivity index is 1.27. The third-order valence-corrected chi connectivity index (χ3v) is 10.2. The van der Waals surface area contributed by atoms with Crippen molar-refractivity contribution in [3.63, 3.8) is 0 Å². The maximum Gasteiger partial charge on any atom is 0.306 e. The van der Waals surface area contributed by atoms with E-state index in [9.17, 15) is 4.79 Å². The van der Waals surface area contributed by atoms with Gasteiger partial charge in [-0.2, -0.15) is 0 Å². The van der Waals surface area contributed by atoms with E-state index in [1.807, 2.05) is 0 Å². The van der Waals surface area contributed by atoms with Gasteiger partial charge in [-0.25, -0.2) is 0 Å². The Kier molecular flexibility index (Phi) is 8.18. The van der Waals surface area contributed by atoms with Gasteiger partial charge in [0.05, 0.1) is 0 Å². The molecule has 204 valence electrons. The number of carbonyl (C=O) groups is 1. The molecule has 2 bridgehead atoms. The molecule has 38 heavy (non-hydrogen) atoms. The highest BCUT2D eigenvalue weighted by atomic mass is 16.5. The van der Waals surface area contributed by atoms with Gasteiger partial charge in [0.25, 0.3) is 0 Å². The van der Waals surface area contributed by atoms with Crippen LogP contribution in [0.3, 0.4) is 0 Å². The number of piperidine rings is 2. The number of fused-ring (bicyclic) bond motifs is 3. The lowest BCUT2D eigenvalue weighted by Gasteiger charge is -2.62. The fourth-order valence-corrected chi connectivity index (χ4v) is 8.46. The topological polar surface area (TPSA) is 32.8 Å². The van der Waals surface area contributed by atoms with E-state index in [-0.39, 0.29) is 17.6 Å². The van der Waals surface area contributed by atoms with Gasteiger partial charge >= 0.3 is 5.97 Å². The Morgan fingerprint density at radius 3 is 1.87 bits per heavy atom. The first-order chi connectivity index (χ1) is 18.7. The van der Waals surface area contributed by atoms with Crippen LogP contribution in [0.1, 0.15) is 93.6 Å². The third-order valence-electron chi connectivity index (χ3n) is 10.2.